The van der Waals surface area contributed by atoms with Crippen molar-refractivity contribution in [1.82, 2.24) is 0 Å². The molecular weight excluding hydrogens is 220 g/mol. The third-order valence-corrected chi connectivity index (χ3v) is 4.36. The maximum absolute atomic E-state index is 6.52. The Hall–Kier alpha value is -0.0800. The monoisotopic (exact) mass is 256 g/mol. The summed E-state index contributed by atoms with van der Waals surface area (Å²) < 4.78 is 0. The van der Waals surface area contributed by atoms with Crippen molar-refractivity contribution in [1.29, 1.82) is 0 Å². The molecule has 0 rings (SSSR count). The van der Waals surface area contributed by atoms with Gasteiger partial charge in [-0.05, 0) is 41.9 Å². The van der Waals surface area contributed by atoms with E-state index in [1.54, 1.807) is 0 Å². The Morgan fingerprint density at radius 2 is 1.00 bits per heavy atom. The molecule has 0 aromatic rings. The number of hydrogen-bond acceptors (Lipinski definition) is 2. The van der Waals surface area contributed by atoms with E-state index in [4.69, 9.17) is 11.5 Å². The molecule has 0 bridgehead atoms. The van der Waals surface area contributed by atoms with Crippen molar-refractivity contribution < 1.29 is 0 Å². The minimum Gasteiger partial charge on any atom is -0.313 e. The van der Waals surface area contributed by atoms with E-state index in [9.17, 15) is 0 Å². The Kier molecular flexibility index (Phi) is 6.87. The van der Waals surface area contributed by atoms with Crippen LogP contribution in [0.25, 0.3) is 0 Å². The number of hydrogen-bond donors (Lipinski definition) is 2. The molecule has 0 heterocycles. The Morgan fingerprint density at radius 3 is 1.22 bits per heavy atom. The molecular formula is C16H36N2. The molecule has 0 spiro atoms. The average molecular weight is 256 g/mol. The van der Waals surface area contributed by atoms with Gasteiger partial charge in [0.1, 0.15) is 0 Å². The van der Waals surface area contributed by atoms with Gasteiger partial charge < -0.3 is 11.5 Å². The lowest BCUT2D eigenvalue weighted by Gasteiger charge is -2.43. The normalized spacial score (nSPS) is 14.0. The zero-order chi connectivity index (χ0) is 14.7. The average Bonchev–Trinajstić information content (AvgIpc) is 2.10. The van der Waals surface area contributed by atoms with Crippen LogP contribution in [-0.4, -0.2) is 5.66 Å². The van der Waals surface area contributed by atoms with E-state index in [-0.39, 0.29) is 0 Å². The van der Waals surface area contributed by atoms with E-state index in [0.717, 1.165) is 6.42 Å². The van der Waals surface area contributed by atoms with Crippen molar-refractivity contribution in [2.45, 2.75) is 67.5 Å². The summed E-state index contributed by atoms with van der Waals surface area (Å²) in [6.45, 7) is 18.1. The zero-order valence-electron chi connectivity index (χ0n) is 13.8. The molecule has 2 nitrogen and oxygen atoms in total. The van der Waals surface area contributed by atoms with Crippen LogP contribution < -0.4 is 11.5 Å². The summed E-state index contributed by atoms with van der Waals surface area (Å²) in [5.41, 5.74) is 12.5. The van der Waals surface area contributed by atoms with Gasteiger partial charge in [-0.1, -0.05) is 55.4 Å². The molecule has 2 heteroatoms. The van der Waals surface area contributed by atoms with E-state index >= 15 is 0 Å². The summed E-state index contributed by atoms with van der Waals surface area (Å²) in [6, 6.07) is 0. The van der Waals surface area contributed by atoms with Crippen LogP contribution in [0.1, 0.15) is 61.8 Å². The summed E-state index contributed by atoms with van der Waals surface area (Å²) >= 11 is 0. The summed E-state index contributed by atoms with van der Waals surface area (Å²) in [7, 11) is 0. The van der Waals surface area contributed by atoms with Gasteiger partial charge in [-0.2, -0.15) is 0 Å². The van der Waals surface area contributed by atoms with E-state index in [0.29, 0.717) is 35.5 Å². The Labute approximate surface area is 115 Å². The third kappa shape index (κ3) is 4.89. The van der Waals surface area contributed by atoms with Crippen LogP contribution in [-0.2, 0) is 0 Å². The van der Waals surface area contributed by atoms with Crippen molar-refractivity contribution in [2.24, 2.45) is 47.0 Å². The Balaban J connectivity index is 4.99. The summed E-state index contributed by atoms with van der Waals surface area (Å²) in [5.74, 6) is 3.30. The van der Waals surface area contributed by atoms with E-state index in [2.05, 4.69) is 55.4 Å². The van der Waals surface area contributed by atoms with Gasteiger partial charge in [0.05, 0.1) is 5.66 Å². The summed E-state index contributed by atoms with van der Waals surface area (Å²) in [4.78, 5) is 0. The van der Waals surface area contributed by atoms with Gasteiger partial charge in [0, 0.05) is 0 Å². The molecule has 0 saturated heterocycles. The van der Waals surface area contributed by atoms with Crippen molar-refractivity contribution in [3.63, 3.8) is 0 Å². The van der Waals surface area contributed by atoms with Crippen molar-refractivity contribution in [3.8, 4) is 0 Å². The lowest BCUT2D eigenvalue weighted by atomic mass is 9.69. The van der Waals surface area contributed by atoms with Crippen molar-refractivity contribution in [2.75, 3.05) is 0 Å². The van der Waals surface area contributed by atoms with Crippen LogP contribution in [0.2, 0.25) is 0 Å². The highest BCUT2D eigenvalue weighted by molar-refractivity contribution is 4.92. The smallest absolute Gasteiger partial charge is 0.0673 e. The summed E-state index contributed by atoms with van der Waals surface area (Å²) in [5, 5.41) is 0. The van der Waals surface area contributed by atoms with Crippen molar-refractivity contribution in [3.05, 3.63) is 0 Å². The highest BCUT2D eigenvalue weighted by atomic mass is 15.0. The molecule has 0 amide bonds. The molecule has 0 aliphatic heterocycles. The molecule has 0 atom stereocenters. The molecule has 4 N–H and O–H groups in total. The second-order valence-electron chi connectivity index (χ2n) is 7.48. The lowest BCUT2D eigenvalue weighted by molar-refractivity contribution is 0.100. The molecule has 0 aliphatic carbocycles. The van der Waals surface area contributed by atoms with Crippen LogP contribution in [0.15, 0.2) is 0 Å². The van der Waals surface area contributed by atoms with Gasteiger partial charge in [0.25, 0.3) is 0 Å². The second kappa shape index (κ2) is 6.91. The second-order valence-corrected chi connectivity index (χ2v) is 7.48. The highest BCUT2D eigenvalue weighted by Gasteiger charge is 2.38. The predicted molar refractivity (Wildman–Crippen MR) is 82.1 cm³/mol. The molecule has 0 aromatic heterocycles. The standard InChI is InChI=1S/C16H36N2/c1-10(2)14(11(3)4)9-16(17,18)15(12(5)6)13(7)8/h10-15H,9,17-18H2,1-8H3. The molecule has 110 valence electrons. The fourth-order valence-electron chi connectivity index (χ4n) is 3.80. The third-order valence-electron chi connectivity index (χ3n) is 4.36. The minimum atomic E-state index is -0.554. The van der Waals surface area contributed by atoms with E-state index in [1.165, 1.54) is 0 Å². The lowest BCUT2D eigenvalue weighted by Crippen LogP contribution is -2.60. The number of rotatable bonds is 7. The van der Waals surface area contributed by atoms with E-state index in [1.807, 2.05) is 0 Å². The first kappa shape index (κ1) is 17.9. The van der Waals surface area contributed by atoms with Gasteiger partial charge in [-0.15, -0.1) is 0 Å². The first-order chi connectivity index (χ1) is 8.00. The molecule has 0 fully saturated rings. The van der Waals surface area contributed by atoms with E-state index < -0.39 is 5.66 Å². The zero-order valence-corrected chi connectivity index (χ0v) is 13.8. The molecule has 0 unspecified atom stereocenters. The largest absolute Gasteiger partial charge is 0.313 e. The number of nitrogens with two attached hydrogens (primary N) is 2. The Bertz CT molecular complexity index is 213. The maximum Gasteiger partial charge on any atom is 0.0673 e. The van der Waals surface area contributed by atoms with Crippen LogP contribution in [0, 0.1) is 35.5 Å². The molecule has 18 heavy (non-hydrogen) atoms. The Morgan fingerprint density at radius 1 is 0.667 bits per heavy atom. The fraction of sp³-hybridized carbons (Fsp3) is 1.00. The van der Waals surface area contributed by atoms with Crippen LogP contribution in [0.5, 0.6) is 0 Å². The molecule has 0 saturated carbocycles. The van der Waals surface area contributed by atoms with Crippen LogP contribution in [0.3, 0.4) is 0 Å². The first-order valence-corrected chi connectivity index (χ1v) is 7.58. The fourth-order valence-corrected chi connectivity index (χ4v) is 3.80. The van der Waals surface area contributed by atoms with Gasteiger partial charge in [-0.3, -0.25) is 0 Å². The van der Waals surface area contributed by atoms with Gasteiger partial charge in [0.2, 0.25) is 0 Å². The van der Waals surface area contributed by atoms with Crippen molar-refractivity contribution >= 4 is 0 Å². The highest BCUT2D eigenvalue weighted by Crippen LogP contribution is 2.35. The van der Waals surface area contributed by atoms with Gasteiger partial charge >= 0.3 is 0 Å². The maximum atomic E-state index is 6.52. The minimum absolute atomic E-state index is 0.373. The molecule has 0 aromatic carbocycles. The molecule has 0 radical (unpaired) electrons. The van der Waals surface area contributed by atoms with Gasteiger partial charge in [0.15, 0.2) is 0 Å². The quantitative estimate of drug-likeness (QED) is 0.680. The SMILES string of the molecule is CC(C)C(CC(N)(N)C(C(C)C)C(C)C)C(C)C. The van der Waals surface area contributed by atoms with Crippen LogP contribution in [0.4, 0.5) is 0 Å². The summed E-state index contributed by atoms with van der Waals surface area (Å²) in [6.07, 6.45) is 0.920. The van der Waals surface area contributed by atoms with Crippen LogP contribution >= 0.6 is 0 Å². The predicted octanol–water partition coefficient (Wildman–Crippen LogP) is 3.85. The van der Waals surface area contributed by atoms with Gasteiger partial charge in [-0.25, -0.2) is 0 Å². The topological polar surface area (TPSA) is 52.0 Å². The molecule has 0 aliphatic rings. The first-order valence-electron chi connectivity index (χ1n) is 7.58.